The topological polar surface area (TPSA) is 81.4 Å². The average Bonchev–Trinajstić information content (AvgIpc) is 2.54. The molecule has 5 heteroatoms. The monoisotopic (exact) mass is 228 g/mol. The Kier molecular flexibility index (Phi) is 4.73. The zero-order chi connectivity index (χ0) is 12.0. The van der Waals surface area contributed by atoms with E-state index in [0.29, 0.717) is 12.8 Å². The second-order valence-electron chi connectivity index (χ2n) is 4.24. The SMILES string of the molecule is COC(=O)C1(NC(=O)CN)CCCCCC1. The summed E-state index contributed by atoms with van der Waals surface area (Å²) in [6.07, 6.45) is 5.34. The first-order chi connectivity index (χ1) is 7.64. The molecule has 0 heterocycles. The Morgan fingerprint density at radius 1 is 1.25 bits per heavy atom. The van der Waals surface area contributed by atoms with Gasteiger partial charge in [0.25, 0.3) is 0 Å². The molecule has 0 saturated heterocycles. The third kappa shape index (κ3) is 2.95. The van der Waals surface area contributed by atoms with Gasteiger partial charge in [-0.15, -0.1) is 0 Å². The van der Waals surface area contributed by atoms with E-state index in [1.807, 2.05) is 0 Å². The van der Waals surface area contributed by atoms with Crippen LogP contribution in [0.2, 0.25) is 0 Å². The molecule has 16 heavy (non-hydrogen) atoms. The molecular formula is C11H20N2O3. The number of rotatable bonds is 3. The minimum Gasteiger partial charge on any atom is -0.467 e. The molecule has 5 nitrogen and oxygen atoms in total. The van der Waals surface area contributed by atoms with Gasteiger partial charge in [-0.3, -0.25) is 4.79 Å². The second kappa shape index (κ2) is 5.84. The molecule has 3 N–H and O–H groups in total. The minimum atomic E-state index is -0.846. The summed E-state index contributed by atoms with van der Waals surface area (Å²) in [5.74, 6) is -0.650. The third-order valence-corrected chi connectivity index (χ3v) is 3.10. The van der Waals surface area contributed by atoms with E-state index < -0.39 is 5.54 Å². The van der Waals surface area contributed by atoms with Crippen LogP contribution in [0.15, 0.2) is 0 Å². The molecule has 0 aromatic heterocycles. The first-order valence-electron chi connectivity index (χ1n) is 5.74. The van der Waals surface area contributed by atoms with Crippen LogP contribution in [-0.2, 0) is 14.3 Å². The highest BCUT2D eigenvalue weighted by molar-refractivity contribution is 5.88. The molecule has 92 valence electrons. The highest BCUT2D eigenvalue weighted by Crippen LogP contribution is 2.28. The summed E-state index contributed by atoms with van der Waals surface area (Å²) in [7, 11) is 1.35. The Bertz CT molecular complexity index is 258. The summed E-state index contributed by atoms with van der Waals surface area (Å²) in [5, 5.41) is 2.73. The van der Waals surface area contributed by atoms with Crippen LogP contribution in [0.1, 0.15) is 38.5 Å². The van der Waals surface area contributed by atoms with Crippen molar-refractivity contribution in [3.05, 3.63) is 0 Å². The highest BCUT2D eigenvalue weighted by atomic mass is 16.5. The van der Waals surface area contributed by atoms with E-state index in [9.17, 15) is 9.59 Å². The Morgan fingerprint density at radius 2 is 1.81 bits per heavy atom. The van der Waals surface area contributed by atoms with E-state index in [0.717, 1.165) is 25.7 Å². The van der Waals surface area contributed by atoms with Crippen molar-refractivity contribution in [2.75, 3.05) is 13.7 Å². The molecule has 0 spiro atoms. The average molecular weight is 228 g/mol. The van der Waals surface area contributed by atoms with Gasteiger partial charge >= 0.3 is 5.97 Å². The molecule has 1 fully saturated rings. The summed E-state index contributed by atoms with van der Waals surface area (Å²) in [6.45, 7) is -0.0985. The molecule has 1 amide bonds. The van der Waals surface area contributed by atoms with Crippen molar-refractivity contribution in [2.24, 2.45) is 5.73 Å². The number of hydrogen-bond donors (Lipinski definition) is 2. The lowest BCUT2D eigenvalue weighted by Gasteiger charge is -2.30. The Balaban J connectivity index is 2.81. The van der Waals surface area contributed by atoms with E-state index in [1.54, 1.807) is 0 Å². The van der Waals surface area contributed by atoms with Crippen molar-refractivity contribution in [3.8, 4) is 0 Å². The number of hydrogen-bond acceptors (Lipinski definition) is 4. The van der Waals surface area contributed by atoms with Gasteiger partial charge in [0.15, 0.2) is 0 Å². The summed E-state index contributed by atoms with van der Waals surface area (Å²) in [5.41, 5.74) is 4.42. The van der Waals surface area contributed by atoms with Gasteiger partial charge in [0.05, 0.1) is 13.7 Å². The number of carbonyl (C=O) groups excluding carboxylic acids is 2. The standard InChI is InChI=1S/C11H20N2O3/c1-16-10(15)11(13-9(14)8-12)6-4-2-3-5-7-11/h2-8,12H2,1H3,(H,13,14). The maximum absolute atomic E-state index is 11.8. The fraction of sp³-hybridized carbons (Fsp3) is 0.818. The Morgan fingerprint density at radius 3 is 2.25 bits per heavy atom. The van der Waals surface area contributed by atoms with Gasteiger partial charge in [0.2, 0.25) is 5.91 Å². The van der Waals surface area contributed by atoms with Crippen LogP contribution in [0.4, 0.5) is 0 Å². The van der Waals surface area contributed by atoms with Crippen LogP contribution >= 0.6 is 0 Å². The predicted molar refractivity (Wildman–Crippen MR) is 59.6 cm³/mol. The molecule has 1 rings (SSSR count). The van der Waals surface area contributed by atoms with Gasteiger partial charge in [-0.2, -0.15) is 0 Å². The number of nitrogens with two attached hydrogens (primary N) is 1. The zero-order valence-corrected chi connectivity index (χ0v) is 9.75. The van der Waals surface area contributed by atoms with Crippen LogP contribution in [0.25, 0.3) is 0 Å². The fourth-order valence-corrected chi connectivity index (χ4v) is 2.23. The van der Waals surface area contributed by atoms with Crippen LogP contribution in [0.3, 0.4) is 0 Å². The van der Waals surface area contributed by atoms with E-state index in [-0.39, 0.29) is 18.4 Å². The Hall–Kier alpha value is -1.10. The van der Waals surface area contributed by atoms with Crippen molar-refractivity contribution in [1.82, 2.24) is 5.32 Å². The molecule has 0 unspecified atom stereocenters. The summed E-state index contributed by atoms with van der Waals surface area (Å²) in [4.78, 5) is 23.2. The van der Waals surface area contributed by atoms with E-state index >= 15 is 0 Å². The number of amides is 1. The van der Waals surface area contributed by atoms with E-state index in [4.69, 9.17) is 10.5 Å². The van der Waals surface area contributed by atoms with Crippen LogP contribution in [0, 0.1) is 0 Å². The molecular weight excluding hydrogens is 208 g/mol. The first-order valence-corrected chi connectivity index (χ1v) is 5.74. The first kappa shape index (κ1) is 13.0. The number of carbonyl (C=O) groups is 2. The van der Waals surface area contributed by atoms with Gasteiger partial charge in [0.1, 0.15) is 5.54 Å². The molecule has 0 radical (unpaired) electrons. The van der Waals surface area contributed by atoms with Crippen molar-refractivity contribution >= 4 is 11.9 Å². The molecule has 1 aliphatic rings. The van der Waals surface area contributed by atoms with Crippen LogP contribution in [-0.4, -0.2) is 31.1 Å². The van der Waals surface area contributed by atoms with Crippen molar-refractivity contribution < 1.29 is 14.3 Å². The third-order valence-electron chi connectivity index (χ3n) is 3.10. The number of nitrogens with one attached hydrogen (secondary N) is 1. The quantitative estimate of drug-likeness (QED) is 0.538. The van der Waals surface area contributed by atoms with Gasteiger partial charge in [0, 0.05) is 0 Å². The summed E-state index contributed by atoms with van der Waals surface area (Å²) >= 11 is 0. The molecule has 0 aromatic rings. The van der Waals surface area contributed by atoms with E-state index in [2.05, 4.69) is 5.32 Å². The van der Waals surface area contributed by atoms with E-state index in [1.165, 1.54) is 7.11 Å². The highest BCUT2D eigenvalue weighted by Gasteiger charge is 2.40. The summed E-state index contributed by atoms with van der Waals surface area (Å²) in [6, 6.07) is 0. The minimum absolute atomic E-state index is 0.0985. The lowest BCUT2D eigenvalue weighted by Crippen LogP contribution is -2.56. The number of esters is 1. The van der Waals surface area contributed by atoms with Crippen LogP contribution in [0.5, 0.6) is 0 Å². The molecule has 0 aliphatic heterocycles. The van der Waals surface area contributed by atoms with Gasteiger partial charge < -0.3 is 15.8 Å². The van der Waals surface area contributed by atoms with Gasteiger partial charge in [-0.25, -0.2) is 4.79 Å². The summed E-state index contributed by atoms with van der Waals surface area (Å²) < 4.78 is 4.80. The smallest absolute Gasteiger partial charge is 0.331 e. The van der Waals surface area contributed by atoms with Crippen molar-refractivity contribution in [2.45, 2.75) is 44.1 Å². The maximum atomic E-state index is 11.8. The van der Waals surface area contributed by atoms with Gasteiger partial charge in [-0.1, -0.05) is 25.7 Å². The molecule has 0 bridgehead atoms. The largest absolute Gasteiger partial charge is 0.467 e. The fourth-order valence-electron chi connectivity index (χ4n) is 2.23. The lowest BCUT2D eigenvalue weighted by atomic mass is 9.90. The van der Waals surface area contributed by atoms with Crippen molar-refractivity contribution in [3.63, 3.8) is 0 Å². The number of methoxy groups -OCH3 is 1. The molecule has 0 atom stereocenters. The predicted octanol–water partition coefficient (Wildman–Crippen LogP) is 0.327. The normalized spacial score (nSPS) is 19.6. The Labute approximate surface area is 95.7 Å². The maximum Gasteiger partial charge on any atom is 0.331 e. The zero-order valence-electron chi connectivity index (χ0n) is 9.75. The lowest BCUT2D eigenvalue weighted by molar-refractivity contribution is -0.151. The molecule has 1 aliphatic carbocycles. The second-order valence-corrected chi connectivity index (χ2v) is 4.24. The van der Waals surface area contributed by atoms with Gasteiger partial charge in [-0.05, 0) is 12.8 Å². The number of ether oxygens (including phenoxy) is 1. The molecule has 0 aromatic carbocycles. The molecule has 1 saturated carbocycles. The van der Waals surface area contributed by atoms with Crippen LogP contribution < -0.4 is 11.1 Å². The van der Waals surface area contributed by atoms with Crippen molar-refractivity contribution in [1.29, 1.82) is 0 Å².